The Morgan fingerprint density at radius 2 is 2.14 bits per heavy atom. The maximum absolute atomic E-state index is 6.29. The van der Waals surface area contributed by atoms with Gasteiger partial charge in [0.05, 0.1) is 11.5 Å². The SMILES string of the molecule is CNc1ncnc2c1ccn2C1CCC(CN2CCCC2)O1. The summed E-state index contributed by atoms with van der Waals surface area (Å²) in [5.41, 5.74) is 0.950. The molecule has 1 N–H and O–H groups in total. The van der Waals surface area contributed by atoms with Gasteiger partial charge in [-0.3, -0.25) is 0 Å². The van der Waals surface area contributed by atoms with E-state index in [9.17, 15) is 0 Å². The lowest BCUT2D eigenvalue weighted by Gasteiger charge is -2.21. The number of rotatable bonds is 4. The highest BCUT2D eigenvalue weighted by Gasteiger charge is 2.29. The van der Waals surface area contributed by atoms with Crippen LogP contribution in [0.25, 0.3) is 11.0 Å². The molecule has 0 radical (unpaired) electrons. The number of nitrogens with zero attached hydrogens (tertiary/aromatic N) is 4. The fourth-order valence-corrected chi connectivity index (χ4v) is 3.68. The molecule has 118 valence electrons. The van der Waals surface area contributed by atoms with E-state index in [1.165, 1.54) is 25.9 Å². The van der Waals surface area contributed by atoms with Gasteiger partial charge in [0.25, 0.3) is 0 Å². The lowest BCUT2D eigenvalue weighted by Crippen LogP contribution is -2.29. The molecule has 6 heteroatoms. The number of hydrogen-bond acceptors (Lipinski definition) is 5. The monoisotopic (exact) mass is 301 g/mol. The van der Waals surface area contributed by atoms with E-state index in [1.807, 2.05) is 7.05 Å². The Hall–Kier alpha value is -1.66. The average Bonchev–Trinajstić information content (AvgIpc) is 3.26. The molecular formula is C16H23N5O. The quantitative estimate of drug-likeness (QED) is 0.938. The molecule has 4 rings (SSSR count). The summed E-state index contributed by atoms with van der Waals surface area (Å²) in [6.07, 6.45) is 9.00. The molecule has 0 saturated carbocycles. The van der Waals surface area contributed by atoms with Crippen LogP contribution in [0.15, 0.2) is 18.6 Å². The molecule has 0 aromatic carbocycles. The molecule has 4 heterocycles. The minimum atomic E-state index is 0.102. The summed E-state index contributed by atoms with van der Waals surface area (Å²) in [6, 6.07) is 2.07. The van der Waals surface area contributed by atoms with E-state index in [2.05, 4.69) is 37.0 Å². The van der Waals surface area contributed by atoms with Crippen molar-refractivity contribution in [3.8, 4) is 0 Å². The van der Waals surface area contributed by atoms with Crippen LogP contribution in [-0.2, 0) is 4.74 Å². The van der Waals surface area contributed by atoms with E-state index in [0.717, 1.165) is 36.2 Å². The van der Waals surface area contributed by atoms with Crippen LogP contribution in [0.4, 0.5) is 5.82 Å². The predicted molar refractivity (Wildman–Crippen MR) is 85.9 cm³/mol. The minimum absolute atomic E-state index is 0.102. The van der Waals surface area contributed by atoms with Gasteiger partial charge in [0.1, 0.15) is 24.0 Å². The van der Waals surface area contributed by atoms with E-state index < -0.39 is 0 Å². The second kappa shape index (κ2) is 5.85. The van der Waals surface area contributed by atoms with Gasteiger partial charge in [-0.15, -0.1) is 0 Å². The molecule has 2 unspecified atom stereocenters. The third-order valence-corrected chi connectivity index (χ3v) is 4.80. The van der Waals surface area contributed by atoms with E-state index in [-0.39, 0.29) is 6.23 Å². The molecular weight excluding hydrogens is 278 g/mol. The zero-order chi connectivity index (χ0) is 14.9. The van der Waals surface area contributed by atoms with Crippen LogP contribution < -0.4 is 5.32 Å². The molecule has 6 nitrogen and oxygen atoms in total. The highest BCUT2D eigenvalue weighted by atomic mass is 16.5. The number of fused-ring (bicyclic) bond motifs is 1. The van der Waals surface area contributed by atoms with E-state index in [4.69, 9.17) is 4.74 Å². The Morgan fingerprint density at radius 3 is 2.95 bits per heavy atom. The van der Waals surface area contributed by atoms with Crippen molar-refractivity contribution in [2.24, 2.45) is 0 Å². The van der Waals surface area contributed by atoms with Gasteiger partial charge in [0.2, 0.25) is 0 Å². The van der Waals surface area contributed by atoms with Crippen molar-refractivity contribution in [1.29, 1.82) is 0 Å². The Bertz CT molecular complexity index is 649. The van der Waals surface area contributed by atoms with Crippen LogP contribution in [0.5, 0.6) is 0 Å². The molecule has 2 aromatic heterocycles. The summed E-state index contributed by atoms with van der Waals surface area (Å²) in [6.45, 7) is 3.54. The first kappa shape index (κ1) is 14.0. The molecule has 0 aliphatic carbocycles. The molecule has 2 aliphatic heterocycles. The molecule has 2 saturated heterocycles. The van der Waals surface area contributed by atoms with E-state index in [0.29, 0.717) is 6.10 Å². The minimum Gasteiger partial charge on any atom is -0.372 e. The number of anilines is 1. The molecule has 22 heavy (non-hydrogen) atoms. The zero-order valence-corrected chi connectivity index (χ0v) is 13.0. The first-order valence-electron chi connectivity index (χ1n) is 8.22. The molecule has 0 spiro atoms. The van der Waals surface area contributed by atoms with Crippen LogP contribution in [0.3, 0.4) is 0 Å². The van der Waals surface area contributed by atoms with E-state index >= 15 is 0 Å². The largest absolute Gasteiger partial charge is 0.372 e. The van der Waals surface area contributed by atoms with Gasteiger partial charge >= 0.3 is 0 Å². The predicted octanol–water partition coefficient (Wildman–Crippen LogP) is 2.25. The van der Waals surface area contributed by atoms with Gasteiger partial charge in [0, 0.05) is 19.8 Å². The summed E-state index contributed by atoms with van der Waals surface area (Å²) < 4.78 is 8.44. The summed E-state index contributed by atoms with van der Waals surface area (Å²) in [4.78, 5) is 11.2. The standard InChI is InChI=1S/C16H23N5O/c1-17-15-13-6-9-21(16(13)19-11-18-15)14-5-4-12(22-14)10-20-7-2-3-8-20/h6,9,11-12,14H,2-5,7-8,10H2,1H3,(H,17,18,19). The second-order valence-electron chi connectivity index (χ2n) is 6.23. The first-order chi connectivity index (χ1) is 10.8. The van der Waals surface area contributed by atoms with Crippen molar-refractivity contribution < 1.29 is 4.74 Å². The average molecular weight is 301 g/mol. The highest BCUT2D eigenvalue weighted by Crippen LogP contribution is 2.32. The van der Waals surface area contributed by atoms with Crippen LogP contribution in [-0.4, -0.2) is 52.2 Å². The topological polar surface area (TPSA) is 55.2 Å². The van der Waals surface area contributed by atoms with Crippen molar-refractivity contribution >= 4 is 16.9 Å². The van der Waals surface area contributed by atoms with Crippen molar-refractivity contribution in [3.63, 3.8) is 0 Å². The molecule has 0 amide bonds. The third-order valence-electron chi connectivity index (χ3n) is 4.80. The molecule has 0 bridgehead atoms. The maximum atomic E-state index is 6.29. The number of likely N-dealkylation sites (tertiary alicyclic amines) is 1. The van der Waals surface area contributed by atoms with Crippen molar-refractivity contribution in [1.82, 2.24) is 19.4 Å². The molecule has 2 atom stereocenters. The summed E-state index contributed by atoms with van der Waals surface area (Å²) in [7, 11) is 1.89. The van der Waals surface area contributed by atoms with Gasteiger partial charge in [0.15, 0.2) is 0 Å². The molecule has 2 fully saturated rings. The normalized spacial score (nSPS) is 26.0. The van der Waals surface area contributed by atoms with E-state index in [1.54, 1.807) is 6.33 Å². The van der Waals surface area contributed by atoms with Crippen molar-refractivity contribution in [2.45, 2.75) is 38.0 Å². The second-order valence-corrected chi connectivity index (χ2v) is 6.23. The van der Waals surface area contributed by atoms with Gasteiger partial charge in [-0.25, -0.2) is 9.97 Å². The highest BCUT2D eigenvalue weighted by molar-refractivity contribution is 5.87. The lowest BCUT2D eigenvalue weighted by molar-refractivity contribution is -0.00846. The number of hydrogen-bond donors (Lipinski definition) is 1. The Morgan fingerprint density at radius 1 is 1.27 bits per heavy atom. The third kappa shape index (κ3) is 2.46. The van der Waals surface area contributed by atoms with Crippen LogP contribution >= 0.6 is 0 Å². The van der Waals surface area contributed by atoms with Gasteiger partial charge in [-0.1, -0.05) is 0 Å². The first-order valence-corrected chi connectivity index (χ1v) is 8.22. The summed E-state index contributed by atoms with van der Waals surface area (Å²) in [5.74, 6) is 0.871. The summed E-state index contributed by atoms with van der Waals surface area (Å²) in [5, 5.41) is 4.17. The zero-order valence-electron chi connectivity index (χ0n) is 13.0. The fourth-order valence-electron chi connectivity index (χ4n) is 3.68. The Balaban J connectivity index is 1.51. The van der Waals surface area contributed by atoms with Gasteiger partial charge < -0.3 is 19.5 Å². The molecule has 2 aromatic rings. The van der Waals surface area contributed by atoms with Crippen LogP contribution in [0.2, 0.25) is 0 Å². The number of ether oxygens (including phenoxy) is 1. The fraction of sp³-hybridized carbons (Fsp3) is 0.625. The van der Waals surface area contributed by atoms with Crippen molar-refractivity contribution in [3.05, 3.63) is 18.6 Å². The lowest BCUT2D eigenvalue weighted by atomic mass is 10.2. The Kier molecular flexibility index (Phi) is 3.72. The molecule has 2 aliphatic rings. The van der Waals surface area contributed by atoms with Gasteiger partial charge in [-0.05, 0) is 44.8 Å². The van der Waals surface area contributed by atoms with Gasteiger partial charge in [-0.2, -0.15) is 0 Å². The number of nitrogens with one attached hydrogen (secondary N) is 1. The Labute approximate surface area is 130 Å². The summed E-state index contributed by atoms with van der Waals surface area (Å²) >= 11 is 0. The van der Waals surface area contributed by atoms with Crippen molar-refractivity contribution in [2.75, 3.05) is 32.0 Å². The number of aromatic nitrogens is 3. The smallest absolute Gasteiger partial charge is 0.147 e. The van der Waals surface area contributed by atoms with Crippen LogP contribution in [0.1, 0.15) is 31.9 Å². The van der Waals surface area contributed by atoms with Crippen LogP contribution in [0, 0.1) is 0 Å². The maximum Gasteiger partial charge on any atom is 0.147 e.